The van der Waals surface area contributed by atoms with E-state index in [0.717, 1.165) is 18.8 Å². The first-order valence-electron chi connectivity index (χ1n) is 11.0. The first-order valence-corrected chi connectivity index (χ1v) is 11.0. The number of aliphatic hydroxyl groups excluding tert-OH is 1. The molecule has 0 bridgehead atoms. The van der Waals surface area contributed by atoms with Crippen molar-refractivity contribution in [3.05, 3.63) is 0 Å². The van der Waals surface area contributed by atoms with Gasteiger partial charge in [-0.15, -0.1) is 0 Å². The summed E-state index contributed by atoms with van der Waals surface area (Å²) >= 11 is 0. The molecule has 1 rings (SSSR count). The minimum atomic E-state index is -0.576. The number of likely N-dealkylation sites (N-methyl/N-ethyl adjacent to an activating group) is 1. The molecule has 0 aromatic heterocycles. The van der Waals surface area contributed by atoms with E-state index >= 15 is 0 Å². The number of ether oxygens (including phenoxy) is 1. The highest BCUT2D eigenvalue weighted by Crippen LogP contribution is 2.29. The van der Waals surface area contributed by atoms with Crippen molar-refractivity contribution in [2.75, 3.05) is 34.3 Å². The lowest BCUT2D eigenvalue weighted by Gasteiger charge is -2.26. The predicted molar refractivity (Wildman–Crippen MR) is 108 cm³/mol. The van der Waals surface area contributed by atoms with Gasteiger partial charge in [-0.05, 0) is 12.3 Å². The van der Waals surface area contributed by atoms with Crippen LogP contribution < -0.4 is 0 Å². The van der Waals surface area contributed by atoms with Gasteiger partial charge in [0.25, 0.3) is 0 Å². The van der Waals surface area contributed by atoms with Crippen LogP contribution in [0.3, 0.4) is 0 Å². The molecule has 0 saturated heterocycles. The molecule has 0 aliphatic heterocycles. The van der Waals surface area contributed by atoms with E-state index in [4.69, 9.17) is 4.74 Å². The number of quaternary nitrogens is 1. The van der Waals surface area contributed by atoms with Crippen LogP contribution in [0.15, 0.2) is 0 Å². The first-order chi connectivity index (χ1) is 12.4. The molecule has 0 radical (unpaired) electrons. The Labute approximate surface area is 161 Å². The lowest BCUT2D eigenvalue weighted by Crippen LogP contribution is -2.43. The van der Waals surface area contributed by atoms with Gasteiger partial charge >= 0.3 is 5.97 Å². The van der Waals surface area contributed by atoms with Gasteiger partial charge in [-0.2, -0.15) is 0 Å². The average molecular weight is 371 g/mol. The van der Waals surface area contributed by atoms with Crippen LogP contribution in [0, 0.1) is 5.92 Å². The third-order valence-electron chi connectivity index (χ3n) is 5.41. The van der Waals surface area contributed by atoms with E-state index in [-0.39, 0.29) is 12.6 Å². The maximum Gasteiger partial charge on any atom is 0.305 e. The number of rotatable bonds is 15. The van der Waals surface area contributed by atoms with Gasteiger partial charge < -0.3 is 14.3 Å². The van der Waals surface area contributed by atoms with E-state index in [2.05, 4.69) is 0 Å². The van der Waals surface area contributed by atoms with Gasteiger partial charge in [0.2, 0.25) is 0 Å². The van der Waals surface area contributed by atoms with Gasteiger partial charge in [0.1, 0.15) is 19.3 Å². The number of nitrogens with zero attached hydrogens (tertiary/aromatic N) is 1. The van der Waals surface area contributed by atoms with Gasteiger partial charge in [-0.3, -0.25) is 4.79 Å². The Kier molecular flexibility index (Phi) is 12.2. The molecule has 0 heterocycles. The summed E-state index contributed by atoms with van der Waals surface area (Å²) in [7, 11) is 6.04. The minimum Gasteiger partial charge on any atom is -0.463 e. The maximum atomic E-state index is 11.7. The Hall–Kier alpha value is -0.610. The molecule has 1 saturated carbocycles. The SMILES string of the molecule is C[N+](C)(C)CC(O)COC(=O)CCCCCCCCCCC1CCCC1. The predicted octanol–water partition coefficient (Wildman–Crippen LogP) is 4.69. The van der Waals surface area contributed by atoms with E-state index in [0.29, 0.717) is 17.4 Å². The zero-order valence-corrected chi connectivity index (χ0v) is 17.7. The number of carbonyl (C=O) groups is 1. The van der Waals surface area contributed by atoms with Gasteiger partial charge in [0.05, 0.1) is 21.1 Å². The lowest BCUT2D eigenvalue weighted by atomic mass is 9.99. The van der Waals surface area contributed by atoms with Crippen molar-refractivity contribution in [2.24, 2.45) is 5.92 Å². The lowest BCUT2D eigenvalue weighted by molar-refractivity contribution is -0.873. The molecular weight excluding hydrogens is 326 g/mol. The van der Waals surface area contributed by atoms with E-state index in [9.17, 15) is 9.90 Å². The van der Waals surface area contributed by atoms with Crippen molar-refractivity contribution in [3.63, 3.8) is 0 Å². The normalized spacial score (nSPS) is 16.8. The van der Waals surface area contributed by atoms with Crippen LogP contribution >= 0.6 is 0 Å². The number of unbranched alkanes of at least 4 members (excludes halogenated alkanes) is 7. The summed E-state index contributed by atoms with van der Waals surface area (Å²) in [4.78, 5) is 11.7. The summed E-state index contributed by atoms with van der Waals surface area (Å²) in [5, 5.41) is 9.83. The number of carbonyl (C=O) groups excluding carboxylic acids is 1. The highest BCUT2D eigenvalue weighted by atomic mass is 16.5. The van der Waals surface area contributed by atoms with Crippen LogP contribution in [-0.4, -0.2) is 56.0 Å². The van der Waals surface area contributed by atoms with Crippen molar-refractivity contribution in [2.45, 2.75) is 96.0 Å². The fourth-order valence-corrected chi connectivity index (χ4v) is 4.01. The summed E-state index contributed by atoms with van der Waals surface area (Å²) in [5.74, 6) is 0.876. The Morgan fingerprint density at radius 3 is 2.08 bits per heavy atom. The highest BCUT2D eigenvalue weighted by molar-refractivity contribution is 5.69. The second-order valence-electron chi connectivity index (χ2n) is 9.33. The molecule has 0 spiro atoms. The number of hydrogen-bond acceptors (Lipinski definition) is 3. The Bertz CT molecular complexity index is 359. The van der Waals surface area contributed by atoms with Crippen molar-refractivity contribution in [1.82, 2.24) is 0 Å². The second-order valence-corrected chi connectivity index (χ2v) is 9.33. The summed E-state index contributed by atoms with van der Waals surface area (Å²) < 4.78 is 5.83. The zero-order chi connectivity index (χ0) is 19.3. The van der Waals surface area contributed by atoms with E-state index in [1.165, 1.54) is 70.6 Å². The molecule has 1 atom stereocenters. The molecule has 4 nitrogen and oxygen atoms in total. The highest BCUT2D eigenvalue weighted by Gasteiger charge is 2.17. The van der Waals surface area contributed by atoms with Gasteiger partial charge in [-0.25, -0.2) is 0 Å². The van der Waals surface area contributed by atoms with E-state index in [1.807, 2.05) is 21.1 Å². The van der Waals surface area contributed by atoms with Crippen LogP contribution in [0.2, 0.25) is 0 Å². The van der Waals surface area contributed by atoms with Crippen LogP contribution in [0.25, 0.3) is 0 Å². The molecule has 0 aromatic rings. The smallest absolute Gasteiger partial charge is 0.305 e. The monoisotopic (exact) mass is 370 g/mol. The van der Waals surface area contributed by atoms with Crippen molar-refractivity contribution < 1.29 is 19.1 Å². The Morgan fingerprint density at radius 1 is 0.962 bits per heavy atom. The Balaban J connectivity index is 1.82. The zero-order valence-electron chi connectivity index (χ0n) is 17.7. The van der Waals surface area contributed by atoms with Crippen LogP contribution in [0.1, 0.15) is 89.9 Å². The number of aliphatic hydroxyl groups is 1. The van der Waals surface area contributed by atoms with Crippen LogP contribution in [0.5, 0.6) is 0 Å². The average Bonchev–Trinajstić information content (AvgIpc) is 3.06. The topological polar surface area (TPSA) is 46.5 Å². The maximum absolute atomic E-state index is 11.7. The van der Waals surface area contributed by atoms with Crippen molar-refractivity contribution in [3.8, 4) is 0 Å². The second kappa shape index (κ2) is 13.5. The summed E-state index contributed by atoms with van der Waals surface area (Å²) in [6.07, 6.45) is 17.3. The number of esters is 1. The fourth-order valence-electron chi connectivity index (χ4n) is 4.01. The van der Waals surface area contributed by atoms with Gasteiger partial charge in [-0.1, -0.05) is 77.0 Å². The molecule has 0 aromatic carbocycles. The van der Waals surface area contributed by atoms with E-state index in [1.54, 1.807) is 0 Å². The molecule has 1 N–H and O–H groups in total. The Morgan fingerprint density at radius 2 is 1.50 bits per heavy atom. The van der Waals surface area contributed by atoms with Crippen LogP contribution in [0.4, 0.5) is 0 Å². The van der Waals surface area contributed by atoms with Crippen molar-refractivity contribution in [1.29, 1.82) is 0 Å². The quantitative estimate of drug-likeness (QED) is 0.258. The molecule has 26 heavy (non-hydrogen) atoms. The molecule has 1 fully saturated rings. The molecule has 1 aliphatic carbocycles. The molecular formula is C22H44NO3+. The molecule has 0 amide bonds. The van der Waals surface area contributed by atoms with Crippen molar-refractivity contribution >= 4 is 5.97 Å². The number of hydrogen-bond donors (Lipinski definition) is 1. The molecule has 1 unspecified atom stereocenters. The summed E-state index contributed by atoms with van der Waals surface area (Å²) in [5.41, 5.74) is 0. The largest absolute Gasteiger partial charge is 0.463 e. The molecule has 1 aliphatic rings. The van der Waals surface area contributed by atoms with E-state index < -0.39 is 6.10 Å². The third-order valence-corrected chi connectivity index (χ3v) is 5.41. The summed E-state index contributed by atoms with van der Waals surface area (Å²) in [6, 6.07) is 0. The fraction of sp³-hybridized carbons (Fsp3) is 0.955. The molecule has 154 valence electrons. The first kappa shape index (κ1) is 23.4. The summed E-state index contributed by atoms with van der Waals surface area (Å²) in [6.45, 7) is 0.711. The van der Waals surface area contributed by atoms with Gasteiger partial charge in [0, 0.05) is 6.42 Å². The third kappa shape index (κ3) is 13.6. The van der Waals surface area contributed by atoms with Crippen LogP contribution in [-0.2, 0) is 9.53 Å². The van der Waals surface area contributed by atoms with Gasteiger partial charge in [0.15, 0.2) is 0 Å². The minimum absolute atomic E-state index is 0.120. The molecule has 4 heteroatoms. The standard InChI is InChI=1S/C22H44NO3/c1-23(2,3)18-21(24)19-26-22(25)17-11-9-7-5-4-6-8-10-14-20-15-12-13-16-20/h20-21,24H,4-19H2,1-3H3/q+1.